The number of nitrogens with zero attached hydrogens (tertiary/aromatic N) is 1. The summed E-state index contributed by atoms with van der Waals surface area (Å²) < 4.78 is 4.94. The van der Waals surface area contributed by atoms with Crippen LogP contribution in [0.3, 0.4) is 0 Å². The molecule has 1 aromatic rings. The van der Waals surface area contributed by atoms with Gasteiger partial charge in [-0.15, -0.1) is 0 Å². The van der Waals surface area contributed by atoms with Crippen molar-refractivity contribution < 1.29 is 9.53 Å². The van der Waals surface area contributed by atoms with Crippen molar-refractivity contribution in [2.24, 2.45) is 0 Å². The number of nitrogens with one attached hydrogen (secondary N) is 2. The zero-order valence-corrected chi connectivity index (χ0v) is 13.4. The number of methoxy groups -OCH3 is 1. The van der Waals surface area contributed by atoms with Gasteiger partial charge in [0.05, 0.1) is 6.61 Å². The number of anilines is 2. The van der Waals surface area contributed by atoms with Crippen LogP contribution >= 0.6 is 0 Å². The summed E-state index contributed by atoms with van der Waals surface area (Å²) in [6, 6.07) is 8.16. The van der Waals surface area contributed by atoms with Gasteiger partial charge in [0.1, 0.15) is 0 Å². The van der Waals surface area contributed by atoms with E-state index in [0.717, 1.165) is 25.3 Å². The largest absolute Gasteiger partial charge is 0.383 e. The van der Waals surface area contributed by atoms with Crippen LogP contribution in [0, 0.1) is 0 Å². The van der Waals surface area contributed by atoms with E-state index in [-0.39, 0.29) is 5.91 Å². The molecule has 5 heteroatoms. The maximum atomic E-state index is 11.8. The number of carbonyl (C=O) groups excluding carboxylic acids is 1. The van der Waals surface area contributed by atoms with Gasteiger partial charge in [-0.25, -0.2) is 0 Å². The van der Waals surface area contributed by atoms with Crippen molar-refractivity contribution in [3.05, 3.63) is 24.3 Å². The van der Waals surface area contributed by atoms with E-state index in [1.54, 1.807) is 7.11 Å². The van der Waals surface area contributed by atoms with Crippen molar-refractivity contribution in [2.75, 3.05) is 50.1 Å². The summed E-state index contributed by atoms with van der Waals surface area (Å²) >= 11 is 0. The maximum absolute atomic E-state index is 11.8. The molecule has 0 saturated carbocycles. The second-order valence-electron chi connectivity index (χ2n) is 5.64. The normalized spacial score (nSPS) is 14.9. The molecule has 22 heavy (non-hydrogen) atoms. The molecule has 1 amide bonds. The van der Waals surface area contributed by atoms with Gasteiger partial charge in [0.2, 0.25) is 5.91 Å². The highest BCUT2D eigenvalue weighted by molar-refractivity contribution is 5.91. The van der Waals surface area contributed by atoms with Crippen LogP contribution in [0.25, 0.3) is 0 Å². The monoisotopic (exact) mass is 305 g/mol. The van der Waals surface area contributed by atoms with E-state index in [0.29, 0.717) is 19.6 Å². The second-order valence-corrected chi connectivity index (χ2v) is 5.64. The van der Waals surface area contributed by atoms with Crippen LogP contribution < -0.4 is 15.5 Å². The molecule has 0 spiro atoms. The third kappa shape index (κ3) is 5.66. The lowest BCUT2D eigenvalue weighted by molar-refractivity contribution is -0.116. The zero-order chi connectivity index (χ0) is 15.6. The van der Waals surface area contributed by atoms with Crippen LogP contribution in [-0.4, -0.2) is 45.8 Å². The maximum Gasteiger partial charge on any atom is 0.225 e. The third-order valence-electron chi connectivity index (χ3n) is 3.88. The fraction of sp³-hybridized carbons (Fsp3) is 0.588. The van der Waals surface area contributed by atoms with Crippen molar-refractivity contribution in [1.82, 2.24) is 5.32 Å². The topological polar surface area (TPSA) is 53.6 Å². The number of hydrogen-bond acceptors (Lipinski definition) is 4. The molecule has 1 fully saturated rings. The molecule has 0 atom stereocenters. The van der Waals surface area contributed by atoms with E-state index < -0.39 is 0 Å². The highest BCUT2D eigenvalue weighted by Gasteiger charge is 2.10. The van der Waals surface area contributed by atoms with Crippen LogP contribution in [0.5, 0.6) is 0 Å². The molecule has 1 heterocycles. The summed E-state index contributed by atoms with van der Waals surface area (Å²) in [5.74, 6) is 0.0376. The third-order valence-corrected chi connectivity index (χ3v) is 3.88. The number of benzene rings is 1. The molecule has 0 aliphatic carbocycles. The Hall–Kier alpha value is -1.59. The van der Waals surface area contributed by atoms with Crippen molar-refractivity contribution in [1.29, 1.82) is 0 Å². The standard InChI is InChI=1S/C17H27N3O2/c1-22-14-11-18-10-9-17(21)19-15-5-7-16(8-6-15)20-12-3-2-4-13-20/h5-8,18H,2-4,9-14H2,1H3,(H,19,21). The lowest BCUT2D eigenvalue weighted by Gasteiger charge is -2.28. The Morgan fingerprint density at radius 3 is 2.55 bits per heavy atom. The quantitative estimate of drug-likeness (QED) is 0.723. The number of piperidine rings is 1. The number of hydrogen-bond donors (Lipinski definition) is 2. The minimum atomic E-state index is 0.0376. The van der Waals surface area contributed by atoms with Gasteiger partial charge in [-0.3, -0.25) is 4.79 Å². The zero-order valence-electron chi connectivity index (χ0n) is 13.4. The van der Waals surface area contributed by atoms with Gasteiger partial charge < -0.3 is 20.3 Å². The molecule has 2 N–H and O–H groups in total. The fourth-order valence-corrected chi connectivity index (χ4v) is 2.63. The van der Waals surface area contributed by atoms with Crippen LogP contribution in [0.2, 0.25) is 0 Å². The number of amides is 1. The van der Waals surface area contributed by atoms with Crippen LogP contribution in [-0.2, 0) is 9.53 Å². The Labute approximate surface area is 133 Å². The Balaban J connectivity index is 1.72. The molecular weight excluding hydrogens is 278 g/mol. The van der Waals surface area contributed by atoms with Gasteiger partial charge in [0, 0.05) is 51.1 Å². The minimum Gasteiger partial charge on any atom is -0.383 e. The van der Waals surface area contributed by atoms with Crippen LogP contribution in [0.1, 0.15) is 25.7 Å². The van der Waals surface area contributed by atoms with Crippen molar-refractivity contribution in [3.63, 3.8) is 0 Å². The van der Waals surface area contributed by atoms with E-state index >= 15 is 0 Å². The van der Waals surface area contributed by atoms with E-state index in [1.165, 1.54) is 24.9 Å². The number of ether oxygens (including phenoxy) is 1. The predicted molar refractivity (Wildman–Crippen MR) is 90.5 cm³/mol. The molecule has 0 aromatic heterocycles. The van der Waals surface area contributed by atoms with Crippen molar-refractivity contribution in [3.8, 4) is 0 Å². The van der Waals surface area contributed by atoms with E-state index in [2.05, 4.69) is 27.7 Å². The Kier molecular flexibility index (Phi) is 7.19. The average Bonchev–Trinajstić information content (AvgIpc) is 2.56. The first kappa shape index (κ1) is 16.8. The second kappa shape index (κ2) is 9.43. The first-order valence-electron chi connectivity index (χ1n) is 8.14. The SMILES string of the molecule is COCCNCCC(=O)Nc1ccc(N2CCCCC2)cc1. The van der Waals surface area contributed by atoms with Gasteiger partial charge >= 0.3 is 0 Å². The molecule has 5 nitrogen and oxygen atoms in total. The molecule has 0 bridgehead atoms. The van der Waals surface area contributed by atoms with Gasteiger partial charge in [0.15, 0.2) is 0 Å². The molecule has 1 saturated heterocycles. The highest BCUT2D eigenvalue weighted by atomic mass is 16.5. The Morgan fingerprint density at radius 2 is 1.86 bits per heavy atom. The first-order chi connectivity index (χ1) is 10.8. The molecule has 122 valence electrons. The highest BCUT2D eigenvalue weighted by Crippen LogP contribution is 2.21. The lowest BCUT2D eigenvalue weighted by Crippen LogP contribution is -2.29. The first-order valence-corrected chi connectivity index (χ1v) is 8.14. The molecule has 0 unspecified atom stereocenters. The van der Waals surface area contributed by atoms with Gasteiger partial charge in [0.25, 0.3) is 0 Å². The summed E-state index contributed by atoms with van der Waals surface area (Å²) in [7, 11) is 1.67. The van der Waals surface area contributed by atoms with Gasteiger partial charge in [-0.1, -0.05) is 0 Å². The van der Waals surface area contributed by atoms with Crippen LogP contribution in [0.4, 0.5) is 11.4 Å². The molecule has 2 rings (SSSR count). The van der Waals surface area contributed by atoms with Gasteiger partial charge in [-0.05, 0) is 43.5 Å². The van der Waals surface area contributed by atoms with E-state index in [4.69, 9.17) is 4.74 Å². The Morgan fingerprint density at radius 1 is 1.14 bits per heavy atom. The van der Waals surface area contributed by atoms with E-state index in [9.17, 15) is 4.79 Å². The summed E-state index contributed by atoms with van der Waals surface area (Å²) in [4.78, 5) is 14.3. The molecule has 0 radical (unpaired) electrons. The van der Waals surface area contributed by atoms with Crippen molar-refractivity contribution in [2.45, 2.75) is 25.7 Å². The number of rotatable bonds is 8. The predicted octanol–water partition coefficient (Wildman–Crippen LogP) is 2.24. The summed E-state index contributed by atoms with van der Waals surface area (Å²) in [6.07, 6.45) is 4.35. The number of carbonyl (C=O) groups is 1. The summed E-state index contributed by atoms with van der Waals surface area (Å²) in [6.45, 7) is 4.38. The fourth-order valence-electron chi connectivity index (χ4n) is 2.63. The van der Waals surface area contributed by atoms with Gasteiger partial charge in [-0.2, -0.15) is 0 Å². The summed E-state index contributed by atoms with van der Waals surface area (Å²) in [5, 5.41) is 6.10. The summed E-state index contributed by atoms with van der Waals surface area (Å²) in [5.41, 5.74) is 2.11. The smallest absolute Gasteiger partial charge is 0.225 e. The Bertz CT molecular complexity index is 442. The van der Waals surface area contributed by atoms with E-state index in [1.807, 2.05) is 12.1 Å². The minimum absolute atomic E-state index is 0.0376. The molecular formula is C17H27N3O2. The molecule has 1 aliphatic rings. The van der Waals surface area contributed by atoms with Crippen LogP contribution in [0.15, 0.2) is 24.3 Å². The van der Waals surface area contributed by atoms with Crippen molar-refractivity contribution >= 4 is 17.3 Å². The molecule has 1 aromatic carbocycles. The molecule has 1 aliphatic heterocycles. The average molecular weight is 305 g/mol. The lowest BCUT2D eigenvalue weighted by atomic mass is 10.1.